The monoisotopic (exact) mass is 476 g/mol. The van der Waals surface area contributed by atoms with Crippen molar-refractivity contribution in [2.75, 3.05) is 26.7 Å². The normalized spacial score (nSPS) is 18.5. The van der Waals surface area contributed by atoms with E-state index in [0.717, 1.165) is 86.9 Å². The molecule has 4 rings (SSSR count). The van der Waals surface area contributed by atoms with E-state index in [4.69, 9.17) is 4.74 Å². The van der Waals surface area contributed by atoms with E-state index in [2.05, 4.69) is 32.0 Å². The van der Waals surface area contributed by atoms with E-state index in [1.165, 1.54) is 5.56 Å². The number of fused-ring (bicyclic) bond motifs is 1. The lowest BCUT2D eigenvalue weighted by Gasteiger charge is -2.39. The zero-order valence-electron chi connectivity index (χ0n) is 20.6. The number of likely N-dealkylation sites (tertiary alicyclic amines) is 1. The van der Waals surface area contributed by atoms with Gasteiger partial charge in [0.2, 0.25) is 0 Å². The highest BCUT2D eigenvalue weighted by Gasteiger charge is 2.29. The molecule has 1 saturated heterocycles. The van der Waals surface area contributed by atoms with Gasteiger partial charge in [-0.3, -0.25) is 9.78 Å². The first-order valence-corrected chi connectivity index (χ1v) is 12.7. The Labute approximate surface area is 207 Å². The molecule has 2 aromatic heterocycles. The van der Waals surface area contributed by atoms with Crippen LogP contribution in [0.3, 0.4) is 0 Å². The summed E-state index contributed by atoms with van der Waals surface area (Å²) in [6.45, 7) is 3.12. The number of aromatic nitrogens is 3. The molecule has 3 aromatic rings. The molecule has 0 spiro atoms. The molecule has 0 saturated carbocycles. The fourth-order valence-electron chi connectivity index (χ4n) is 5.41. The zero-order valence-corrected chi connectivity index (χ0v) is 20.6. The standard InChI is InChI=1S/C28H36N4O3/c1-35-25-8-9-27-26(18-25)22(11-15-30-27)5-2-4-21-13-17-32(19-23(21)7-10-28(33)34)16-3-6-24-12-14-29-20-31-24/h8-9,11-12,14-15,18,20-21,23H,2-7,10,13,16-17,19H2,1H3,(H,33,34)/t21-,23+/m1/s1. The van der Waals surface area contributed by atoms with Gasteiger partial charge >= 0.3 is 5.97 Å². The molecule has 1 aromatic carbocycles. The second-order valence-electron chi connectivity index (χ2n) is 9.59. The minimum absolute atomic E-state index is 0.255. The fourth-order valence-corrected chi connectivity index (χ4v) is 5.41. The number of benzene rings is 1. The van der Waals surface area contributed by atoms with Gasteiger partial charge in [-0.1, -0.05) is 0 Å². The predicted octanol–water partition coefficient (Wildman–Crippen LogP) is 4.79. The molecule has 35 heavy (non-hydrogen) atoms. The number of ether oxygens (including phenoxy) is 1. The summed E-state index contributed by atoms with van der Waals surface area (Å²) in [5, 5.41) is 10.5. The summed E-state index contributed by atoms with van der Waals surface area (Å²) in [7, 11) is 1.69. The molecule has 7 heteroatoms. The molecule has 7 nitrogen and oxygen atoms in total. The highest BCUT2D eigenvalue weighted by molar-refractivity contribution is 5.83. The Morgan fingerprint density at radius 3 is 2.80 bits per heavy atom. The van der Waals surface area contributed by atoms with Crippen LogP contribution in [0.2, 0.25) is 0 Å². The Morgan fingerprint density at radius 1 is 1.09 bits per heavy atom. The van der Waals surface area contributed by atoms with Gasteiger partial charge in [0, 0.05) is 36.4 Å². The van der Waals surface area contributed by atoms with Gasteiger partial charge in [0.15, 0.2) is 0 Å². The number of hydrogen-bond donors (Lipinski definition) is 1. The van der Waals surface area contributed by atoms with Crippen molar-refractivity contribution >= 4 is 16.9 Å². The molecule has 1 aliphatic heterocycles. The lowest BCUT2D eigenvalue weighted by atomic mass is 9.79. The number of nitrogens with zero attached hydrogens (tertiary/aromatic N) is 4. The van der Waals surface area contributed by atoms with Gasteiger partial charge in [-0.15, -0.1) is 0 Å². The number of carboxylic acid groups (broad SMARTS) is 1. The maximum absolute atomic E-state index is 11.3. The van der Waals surface area contributed by atoms with Gasteiger partial charge in [-0.25, -0.2) is 9.97 Å². The van der Waals surface area contributed by atoms with Crippen LogP contribution >= 0.6 is 0 Å². The largest absolute Gasteiger partial charge is 0.497 e. The molecule has 3 heterocycles. The van der Waals surface area contributed by atoms with Crippen LogP contribution in [0.4, 0.5) is 0 Å². The van der Waals surface area contributed by atoms with Crippen molar-refractivity contribution in [3.05, 3.63) is 60.3 Å². The average molecular weight is 477 g/mol. The minimum Gasteiger partial charge on any atom is -0.497 e. The third kappa shape index (κ3) is 7.21. The number of aryl methyl sites for hydroxylation is 2. The van der Waals surface area contributed by atoms with Crippen molar-refractivity contribution in [2.24, 2.45) is 11.8 Å². The predicted molar refractivity (Wildman–Crippen MR) is 136 cm³/mol. The number of carbonyl (C=O) groups is 1. The number of rotatable bonds is 12. The van der Waals surface area contributed by atoms with Crippen molar-refractivity contribution in [3.63, 3.8) is 0 Å². The maximum Gasteiger partial charge on any atom is 0.303 e. The van der Waals surface area contributed by atoms with E-state index in [0.29, 0.717) is 11.8 Å². The van der Waals surface area contributed by atoms with E-state index >= 15 is 0 Å². The van der Waals surface area contributed by atoms with E-state index in [1.807, 2.05) is 24.4 Å². The second kappa shape index (κ2) is 12.6. The minimum atomic E-state index is -0.693. The number of pyridine rings is 1. The number of hydrogen-bond acceptors (Lipinski definition) is 6. The van der Waals surface area contributed by atoms with E-state index < -0.39 is 5.97 Å². The Balaban J connectivity index is 1.31. The van der Waals surface area contributed by atoms with E-state index in [9.17, 15) is 9.90 Å². The fraction of sp³-hybridized carbons (Fsp3) is 0.500. The van der Waals surface area contributed by atoms with Gasteiger partial charge in [0.05, 0.1) is 12.6 Å². The molecule has 2 atom stereocenters. The number of methoxy groups -OCH3 is 1. The summed E-state index contributed by atoms with van der Waals surface area (Å²) in [5.74, 6) is 1.18. The van der Waals surface area contributed by atoms with Gasteiger partial charge in [-0.2, -0.15) is 0 Å². The van der Waals surface area contributed by atoms with Crippen molar-refractivity contribution in [1.82, 2.24) is 19.9 Å². The number of aliphatic carboxylic acids is 1. The summed E-state index contributed by atoms with van der Waals surface area (Å²) in [4.78, 5) is 26.6. The van der Waals surface area contributed by atoms with Gasteiger partial charge < -0.3 is 14.7 Å². The molecular formula is C28H36N4O3. The Hall–Kier alpha value is -3.06. The van der Waals surface area contributed by atoms with Crippen LogP contribution in [0.1, 0.15) is 49.8 Å². The SMILES string of the molecule is COc1ccc2nccc(CCC[C@@H]3CCN(CCCc4ccncn4)C[C@@H]3CCC(=O)O)c2c1. The molecule has 0 radical (unpaired) electrons. The van der Waals surface area contributed by atoms with E-state index in [-0.39, 0.29) is 6.42 Å². The van der Waals surface area contributed by atoms with Crippen LogP contribution in [-0.2, 0) is 17.6 Å². The van der Waals surface area contributed by atoms with Crippen LogP contribution in [0.15, 0.2) is 49.1 Å². The average Bonchev–Trinajstić information content (AvgIpc) is 2.88. The topological polar surface area (TPSA) is 88.4 Å². The zero-order chi connectivity index (χ0) is 24.5. The van der Waals surface area contributed by atoms with Gasteiger partial charge in [0.25, 0.3) is 0 Å². The molecular weight excluding hydrogens is 440 g/mol. The van der Waals surface area contributed by atoms with Crippen molar-refractivity contribution in [2.45, 2.75) is 51.4 Å². The lowest BCUT2D eigenvalue weighted by molar-refractivity contribution is -0.137. The molecule has 1 N–H and O–H groups in total. The highest BCUT2D eigenvalue weighted by Crippen LogP contribution is 2.32. The quantitative estimate of drug-likeness (QED) is 0.402. The van der Waals surface area contributed by atoms with Gasteiger partial charge in [0.1, 0.15) is 12.1 Å². The van der Waals surface area contributed by atoms with Gasteiger partial charge in [-0.05, 0) is 106 Å². The smallest absolute Gasteiger partial charge is 0.303 e. The Kier molecular flexibility index (Phi) is 9.01. The first-order chi connectivity index (χ1) is 17.1. The van der Waals surface area contributed by atoms with Crippen molar-refractivity contribution in [3.8, 4) is 5.75 Å². The molecule has 1 fully saturated rings. The number of carboxylic acids is 1. The summed E-state index contributed by atoms with van der Waals surface area (Å²) in [6.07, 6.45) is 12.7. The van der Waals surface area contributed by atoms with Crippen molar-refractivity contribution in [1.29, 1.82) is 0 Å². The number of piperidine rings is 1. The third-order valence-electron chi connectivity index (χ3n) is 7.32. The Bertz CT molecular complexity index is 1090. The molecule has 1 aliphatic rings. The van der Waals surface area contributed by atoms with Crippen molar-refractivity contribution < 1.29 is 14.6 Å². The first-order valence-electron chi connectivity index (χ1n) is 12.7. The van der Waals surface area contributed by atoms with Crippen LogP contribution in [0, 0.1) is 11.8 Å². The molecule has 0 bridgehead atoms. The van der Waals surface area contributed by atoms with Crippen LogP contribution in [-0.4, -0.2) is 57.7 Å². The Morgan fingerprint density at radius 2 is 2.00 bits per heavy atom. The summed E-state index contributed by atoms with van der Waals surface area (Å²) >= 11 is 0. The van der Waals surface area contributed by atoms with Crippen LogP contribution in [0.25, 0.3) is 10.9 Å². The molecule has 0 unspecified atom stereocenters. The van der Waals surface area contributed by atoms with Crippen LogP contribution < -0.4 is 4.74 Å². The summed E-state index contributed by atoms with van der Waals surface area (Å²) < 4.78 is 5.41. The van der Waals surface area contributed by atoms with E-state index in [1.54, 1.807) is 19.6 Å². The third-order valence-corrected chi connectivity index (χ3v) is 7.32. The summed E-state index contributed by atoms with van der Waals surface area (Å²) in [6, 6.07) is 10.1. The highest BCUT2D eigenvalue weighted by atomic mass is 16.5. The summed E-state index contributed by atoms with van der Waals surface area (Å²) in [5.41, 5.74) is 3.38. The maximum atomic E-state index is 11.3. The molecule has 186 valence electrons. The first kappa shape index (κ1) is 25.0. The van der Waals surface area contributed by atoms with Crippen LogP contribution in [0.5, 0.6) is 5.75 Å². The second-order valence-corrected chi connectivity index (χ2v) is 9.59. The molecule has 0 amide bonds. The molecule has 0 aliphatic carbocycles. The lowest BCUT2D eigenvalue weighted by Crippen LogP contribution is -2.41.